The molecule has 0 saturated carbocycles. The van der Waals surface area contributed by atoms with Gasteiger partial charge in [-0.15, -0.1) is 0 Å². The average molecular weight is 283 g/mol. The topological polar surface area (TPSA) is 68.1 Å². The van der Waals surface area contributed by atoms with Crippen molar-refractivity contribution < 1.29 is 4.92 Å². The summed E-state index contributed by atoms with van der Waals surface area (Å²) in [6.07, 6.45) is 3.67. The van der Waals surface area contributed by atoms with Gasteiger partial charge in [-0.3, -0.25) is 15.1 Å². The number of nitro groups is 1. The van der Waals surface area contributed by atoms with Crippen LogP contribution in [-0.4, -0.2) is 28.5 Å². The Balaban J connectivity index is 2.70. The Morgan fingerprint density at radius 3 is 2.79 bits per heavy atom. The number of aryl methyl sites for hydroxylation is 1. The summed E-state index contributed by atoms with van der Waals surface area (Å²) in [5, 5.41) is 14.3. The molecule has 1 rings (SSSR count). The molecule has 0 aliphatic heterocycles. The number of rotatable bonds is 7. The molecule has 1 N–H and O–H groups in total. The first kappa shape index (κ1) is 15.9. The highest BCUT2D eigenvalue weighted by atomic mass is 32.2. The van der Waals surface area contributed by atoms with Crippen LogP contribution in [0.3, 0.4) is 0 Å². The number of thioether (sulfide) groups is 1. The zero-order valence-electron chi connectivity index (χ0n) is 11.9. The van der Waals surface area contributed by atoms with Crippen LogP contribution < -0.4 is 5.32 Å². The second kappa shape index (κ2) is 7.45. The summed E-state index contributed by atoms with van der Waals surface area (Å²) in [5.74, 6) is 1.68. The number of hydrogen-bond donors (Lipinski definition) is 1. The number of pyridine rings is 1. The van der Waals surface area contributed by atoms with Gasteiger partial charge >= 0.3 is 0 Å². The maximum absolute atomic E-state index is 11.0. The molecule has 1 aromatic heterocycles. The van der Waals surface area contributed by atoms with Crippen LogP contribution in [-0.2, 0) is 6.54 Å². The molecule has 0 aliphatic carbocycles. The van der Waals surface area contributed by atoms with Crippen LogP contribution in [0.15, 0.2) is 6.20 Å². The quantitative estimate of drug-likeness (QED) is 0.615. The van der Waals surface area contributed by atoms with Gasteiger partial charge in [0.25, 0.3) is 5.69 Å². The standard InChI is InChI=1S/C13H21N3O2S/c1-9(8-19-4)5-14-7-12-11(3)13(16(17)18)10(2)6-15-12/h6,9,14H,5,7-8H2,1-4H3. The lowest BCUT2D eigenvalue weighted by molar-refractivity contribution is -0.386. The van der Waals surface area contributed by atoms with Gasteiger partial charge in [0.2, 0.25) is 0 Å². The fourth-order valence-electron chi connectivity index (χ4n) is 2.00. The zero-order chi connectivity index (χ0) is 14.4. The molecule has 1 atom stereocenters. The molecule has 1 unspecified atom stereocenters. The number of hydrogen-bond acceptors (Lipinski definition) is 5. The summed E-state index contributed by atoms with van der Waals surface area (Å²) in [4.78, 5) is 15.0. The van der Waals surface area contributed by atoms with Crippen molar-refractivity contribution in [3.05, 3.63) is 33.1 Å². The molecule has 6 heteroatoms. The van der Waals surface area contributed by atoms with Crippen LogP contribution in [0.4, 0.5) is 5.69 Å². The molecule has 19 heavy (non-hydrogen) atoms. The Morgan fingerprint density at radius 2 is 2.21 bits per heavy atom. The molecule has 0 spiro atoms. The van der Waals surface area contributed by atoms with E-state index in [1.54, 1.807) is 20.0 Å². The van der Waals surface area contributed by atoms with Gasteiger partial charge in [-0.05, 0) is 38.3 Å². The van der Waals surface area contributed by atoms with Gasteiger partial charge in [0, 0.05) is 23.9 Å². The van der Waals surface area contributed by atoms with Crippen molar-refractivity contribution in [3.8, 4) is 0 Å². The monoisotopic (exact) mass is 283 g/mol. The minimum absolute atomic E-state index is 0.184. The maximum atomic E-state index is 11.0. The summed E-state index contributed by atoms with van der Waals surface area (Å²) >= 11 is 1.82. The van der Waals surface area contributed by atoms with Gasteiger partial charge in [-0.1, -0.05) is 6.92 Å². The van der Waals surface area contributed by atoms with Crippen LogP contribution in [0.1, 0.15) is 23.7 Å². The van der Waals surface area contributed by atoms with Crippen molar-refractivity contribution >= 4 is 17.4 Å². The Labute approximate surface area is 118 Å². The second-order valence-electron chi connectivity index (χ2n) is 4.81. The van der Waals surface area contributed by atoms with Gasteiger partial charge in [0.1, 0.15) is 0 Å². The molecule has 0 radical (unpaired) electrons. The average Bonchev–Trinajstić information content (AvgIpc) is 2.32. The Kier molecular flexibility index (Phi) is 6.24. The first-order valence-electron chi connectivity index (χ1n) is 6.26. The molecule has 0 aliphatic rings. The summed E-state index contributed by atoms with van der Waals surface area (Å²) in [7, 11) is 0. The van der Waals surface area contributed by atoms with E-state index < -0.39 is 0 Å². The van der Waals surface area contributed by atoms with E-state index in [2.05, 4.69) is 23.5 Å². The van der Waals surface area contributed by atoms with Gasteiger partial charge in [-0.2, -0.15) is 11.8 Å². The highest BCUT2D eigenvalue weighted by molar-refractivity contribution is 7.98. The largest absolute Gasteiger partial charge is 0.311 e. The van der Waals surface area contributed by atoms with Gasteiger partial charge in [-0.25, -0.2) is 0 Å². The number of nitrogens with one attached hydrogen (secondary N) is 1. The highest BCUT2D eigenvalue weighted by Crippen LogP contribution is 2.23. The fourth-order valence-corrected chi connectivity index (χ4v) is 2.69. The normalized spacial score (nSPS) is 12.4. The van der Waals surface area contributed by atoms with E-state index in [0.29, 0.717) is 23.6 Å². The van der Waals surface area contributed by atoms with Gasteiger partial charge < -0.3 is 5.32 Å². The summed E-state index contributed by atoms with van der Waals surface area (Å²) in [6, 6.07) is 0. The van der Waals surface area contributed by atoms with E-state index in [1.807, 2.05) is 11.8 Å². The van der Waals surface area contributed by atoms with Crippen molar-refractivity contribution in [2.24, 2.45) is 5.92 Å². The van der Waals surface area contributed by atoms with Crippen LogP contribution in [0.25, 0.3) is 0 Å². The summed E-state index contributed by atoms with van der Waals surface area (Å²) < 4.78 is 0. The highest BCUT2D eigenvalue weighted by Gasteiger charge is 2.18. The van der Waals surface area contributed by atoms with Gasteiger partial charge in [0.15, 0.2) is 0 Å². The molecular formula is C13H21N3O2S. The summed E-state index contributed by atoms with van der Waals surface area (Å²) in [6.45, 7) is 7.13. The molecule has 106 valence electrons. The fraction of sp³-hybridized carbons (Fsp3) is 0.615. The van der Waals surface area contributed by atoms with Crippen molar-refractivity contribution in [2.45, 2.75) is 27.3 Å². The van der Waals surface area contributed by atoms with E-state index in [4.69, 9.17) is 0 Å². The lowest BCUT2D eigenvalue weighted by Gasteiger charge is -2.12. The molecule has 1 aromatic rings. The molecule has 0 aromatic carbocycles. The second-order valence-corrected chi connectivity index (χ2v) is 5.72. The Morgan fingerprint density at radius 1 is 1.53 bits per heavy atom. The minimum Gasteiger partial charge on any atom is -0.311 e. The van der Waals surface area contributed by atoms with E-state index in [1.165, 1.54) is 0 Å². The molecule has 0 bridgehead atoms. The third-order valence-corrected chi connectivity index (χ3v) is 3.90. The van der Waals surface area contributed by atoms with E-state index in [9.17, 15) is 10.1 Å². The Hall–Kier alpha value is -1.14. The smallest absolute Gasteiger partial charge is 0.278 e. The SMILES string of the molecule is CSCC(C)CNCc1ncc(C)c([N+](=O)[O-])c1C. The van der Waals surface area contributed by atoms with Crippen molar-refractivity contribution in [1.29, 1.82) is 0 Å². The number of nitrogens with zero attached hydrogens (tertiary/aromatic N) is 2. The third kappa shape index (κ3) is 4.47. The molecule has 0 fully saturated rings. The van der Waals surface area contributed by atoms with E-state index in [0.717, 1.165) is 18.0 Å². The maximum Gasteiger partial charge on any atom is 0.278 e. The molecule has 0 saturated heterocycles. The van der Waals surface area contributed by atoms with Crippen LogP contribution in [0, 0.1) is 29.9 Å². The molecule has 1 heterocycles. The van der Waals surface area contributed by atoms with Crippen LogP contribution in [0.5, 0.6) is 0 Å². The lowest BCUT2D eigenvalue weighted by atomic mass is 10.1. The van der Waals surface area contributed by atoms with Crippen molar-refractivity contribution in [2.75, 3.05) is 18.6 Å². The third-order valence-electron chi connectivity index (χ3n) is 2.99. The Bertz CT molecular complexity index is 452. The van der Waals surface area contributed by atoms with E-state index >= 15 is 0 Å². The minimum atomic E-state index is -0.327. The predicted molar refractivity (Wildman–Crippen MR) is 79.6 cm³/mol. The zero-order valence-corrected chi connectivity index (χ0v) is 12.7. The van der Waals surface area contributed by atoms with Crippen molar-refractivity contribution in [1.82, 2.24) is 10.3 Å². The van der Waals surface area contributed by atoms with Crippen molar-refractivity contribution in [3.63, 3.8) is 0 Å². The van der Waals surface area contributed by atoms with E-state index in [-0.39, 0.29) is 10.6 Å². The van der Waals surface area contributed by atoms with Crippen LogP contribution >= 0.6 is 11.8 Å². The lowest BCUT2D eigenvalue weighted by Crippen LogP contribution is -2.23. The van der Waals surface area contributed by atoms with Crippen LogP contribution in [0.2, 0.25) is 0 Å². The predicted octanol–water partition coefficient (Wildman–Crippen LogP) is 2.70. The first-order valence-corrected chi connectivity index (χ1v) is 7.65. The van der Waals surface area contributed by atoms with Gasteiger partial charge in [0.05, 0.1) is 10.6 Å². The first-order chi connectivity index (χ1) is 8.97. The summed E-state index contributed by atoms with van der Waals surface area (Å²) in [5.41, 5.74) is 2.22. The molecule has 0 amide bonds. The molecule has 5 nitrogen and oxygen atoms in total. The molecular weight excluding hydrogens is 262 g/mol. The number of aromatic nitrogens is 1.